The number of hydrogen-bond donors (Lipinski definition) is 3. The van der Waals surface area contributed by atoms with E-state index in [4.69, 9.17) is 4.74 Å². The minimum atomic E-state index is -0.689. The van der Waals surface area contributed by atoms with Crippen LogP contribution in [0.25, 0.3) is 10.9 Å². The SMILES string of the molecule is CC(C)NC(=O)NC(=O)COC(=O)c1c[nH]c2ccccc12. The third-order valence-electron chi connectivity index (χ3n) is 2.82. The summed E-state index contributed by atoms with van der Waals surface area (Å²) in [5.74, 6) is -1.32. The number of imide groups is 1. The summed E-state index contributed by atoms with van der Waals surface area (Å²) in [5.41, 5.74) is 1.14. The molecule has 1 aromatic heterocycles. The number of amides is 3. The fraction of sp³-hybridized carbons (Fsp3) is 0.267. The van der Waals surface area contributed by atoms with Crippen LogP contribution in [0.3, 0.4) is 0 Å². The number of benzene rings is 1. The first-order chi connectivity index (χ1) is 10.5. The number of hydrogen-bond acceptors (Lipinski definition) is 4. The molecule has 0 aliphatic heterocycles. The number of rotatable bonds is 4. The molecule has 0 aliphatic carbocycles. The van der Waals surface area contributed by atoms with E-state index in [1.165, 1.54) is 6.20 Å². The highest BCUT2D eigenvalue weighted by atomic mass is 16.5. The van der Waals surface area contributed by atoms with Crippen LogP contribution in [0.5, 0.6) is 0 Å². The van der Waals surface area contributed by atoms with Gasteiger partial charge in [0.05, 0.1) is 5.56 Å². The summed E-state index contributed by atoms with van der Waals surface area (Å²) in [7, 11) is 0. The van der Waals surface area contributed by atoms with Crippen LogP contribution in [-0.4, -0.2) is 35.5 Å². The quantitative estimate of drug-likeness (QED) is 0.746. The number of H-pyrrole nitrogens is 1. The van der Waals surface area contributed by atoms with Crippen LogP contribution in [-0.2, 0) is 9.53 Å². The summed E-state index contributed by atoms with van der Waals surface area (Å²) < 4.78 is 4.91. The van der Waals surface area contributed by atoms with Crippen molar-refractivity contribution in [3.05, 3.63) is 36.0 Å². The Morgan fingerprint density at radius 1 is 1.23 bits per heavy atom. The van der Waals surface area contributed by atoms with Crippen molar-refractivity contribution >= 4 is 28.8 Å². The largest absolute Gasteiger partial charge is 0.452 e. The van der Waals surface area contributed by atoms with Gasteiger partial charge in [-0.05, 0) is 19.9 Å². The standard InChI is InChI=1S/C15H17N3O4/c1-9(2)17-15(21)18-13(19)8-22-14(20)11-7-16-12-6-4-3-5-10(11)12/h3-7,9,16H,8H2,1-2H3,(H2,17,18,19,21). The van der Waals surface area contributed by atoms with Gasteiger partial charge in [-0.3, -0.25) is 10.1 Å². The van der Waals surface area contributed by atoms with Gasteiger partial charge in [0.1, 0.15) is 0 Å². The highest BCUT2D eigenvalue weighted by molar-refractivity contribution is 6.05. The number of aromatic amines is 1. The lowest BCUT2D eigenvalue weighted by Gasteiger charge is -2.09. The van der Waals surface area contributed by atoms with Gasteiger partial charge in [0.25, 0.3) is 5.91 Å². The van der Waals surface area contributed by atoms with Gasteiger partial charge in [-0.15, -0.1) is 0 Å². The zero-order valence-electron chi connectivity index (χ0n) is 12.3. The Kier molecular flexibility index (Phi) is 4.77. The Labute approximate surface area is 127 Å². The van der Waals surface area contributed by atoms with Crippen LogP contribution in [0.15, 0.2) is 30.5 Å². The van der Waals surface area contributed by atoms with Crippen molar-refractivity contribution in [1.29, 1.82) is 0 Å². The number of nitrogens with one attached hydrogen (secondary N) is 3. The van der Waals surface area contributed by atoms with Crippen molar-refractivity contribution in [2.24, 2.45) is 0 Å². The second-order valence-corrected chi connectivity index (χ2v) is 5.00. The first-order valence-corrected chi connectivity index (χ1v) is 6.81. The predicted molar refractivity (Wildman–Crippen MR) is 80.4 cm³/mol. The molecule has 3 amide bonds. The van der Waals surface area contributed by atoms with Crippen LogP contribution in [0.1, 0.15) is 24.2 Å². The van der Waals surface area contributed by atoms with E-state index in [-0.39, 0.29) is 6.04 Å². The third-order valence-corrected chi connectivity index (χ3v) is 2.82. The Balaban J connectivity index is 1.90. The average molecular weight is 303 g/mol. The van der Waals surface area contributed by atoms with Gasteiger partial charge in [0.2, 0.25) is 0 Å². The van der Waals surface area contributed by atoms with Gasteiger partial charge < -0.3 is 15.0 Å². The van der Waals surface area contributed by atoms with Crippen molar-refractivity contribution in [1.82, 2.24) is 15.6 Å². The molecular formula is C15H17N3O4. The van der Waals surface area contributed by atoms with Crippen molar-refractivity contribution in [3.8, 4) is 0 Å². The molecule has 0 unspecified atom stereocenters. The highest BCUT2D eigenvalue weighted by Gasteiger charge is 2.15. The second kappa shape index (κ2) is 6.75. The number of urea groups is 1. The number of fused-ring (bicyclic) bond motifs is 1. The maximum absolute atomic E-state index is 12.0. The molecular weight excluding hydrogens is 286 g/mol. The molecule has 1 aromatic carbocycles. The van der Waals surface area contributed by atoms with Gasteiger partial charge in [-0.1, -0.05) is 18.2 Å². The molecule has 0 saturated heterocycles. The average Bonchev–Trinajstić information content (AvgIpc) is 2.87. The molecule has 0 spiro atoms. The molecule has 0 fully saturated rings. The van der Waals surface area contributed by atoms with Crippen LogP contribution in [0.2, 0.25) is 0 Å². The fourth-order valence-corrected chi connectivity index (χ4v) is 1.91. The normalized spacial score (nSPS) is 10.5. The lowest BCUT2D eigenvalue weighted by Crippen LogP contribution is -2.44. The van der Waals surface area contributed by atoms with E-state index in [1.807, 2.05) is 12.1 Å². The number of ether oxygens (including phenoxy) is 1. The number of esters is 1. The summed E-state index contributed by atoms with van der Waals surface area (Å²) in [6.07, 6.45) is 1.52. The molecule has 0 atom stereocenters. The van der Waals surface area contributed by atoms with E-state index in [0.717, 1.165) is 5.52 Å². The smallest absolute Gasteiger partial charge is 0.340 e. The van der Waals surface area contributed by atoms with E-state index in [1.54, 1.807) is 26.0 Å². The van der Waals surface area contributed by atoms with Crippen LogP contribution in [0.4, 0.5) is 4.79 Å². The van der Waals surface area contributed by atoms with E-state index in [0.29, 0.717) is 10.9 Å². The summed E-state index contributed by atoms with van der Waals surface area (Å²) >= 11 is 0. The molecule has 0 radical (unpaired) electrons. The summed E-state index contributed by atoms with van der Waals surface area (Å²) in [6.45, 7) is 3.01. The van der Waals surface area contributed by atoms with Crippen LogP contribution >= 0.6 is 0 Å². The van der Waals surface area contributed by atoms with Crippen molar-refractivity contribution in [2.75, 3.05) is 6.61 Å². The zero-order chi connectivity index (χ0) is 16.1. The summed E-state index contributed by atoms with van der Waals surface area (Å²) in [4.78, 5) is 37.7. The van der Waals surface area contributed by atoms with Crippen molar-refractivity contribution < 1.29 is 19.1 Å². The minimum absolute atomic E-state index is 0.0958. The lowest BCUT2D eigenvalue weighted by atomic mass is 10.2. The molecule has 0 saturated carbocycles. The molecule has 0 bridgehead atoms. The number of aromatic nitrogens is 1. The number of carbonyl (C=O) groups is 3. The van der Waals surface area contributed by atoms with Gasteiger partial charge in [0, 0.05) is 23.1 Å². The van der Waals surface area contributed by atoms with E-state index in [2.05, 4.69) is 15.6 Å². The number of para-hydroxylation sites is 1. The molecule has 116 valence electrons. The molecule has 7 nitrogen and oxygen atoms in total. The Bertz CT molecular complexity index is 706. The fourth-order valence-electron chi connectivity index (χ4n) is 1.91. The van der Waals surface area contributed by atoms with Gasteiger partial charge >= 0.3 is 12.0 Å². The van der Waals surface area contributed by atoms with Crippen molar-refractivity contribution in [2.45, 2.75) is 19.9 Å². The molecule has 1 heterocycles. The Hall–Kier alpha value is -2.83. The zero-order valence-corrected chi connectivity index (χ0v) is 12.3. The molecule has 3 N–H and O–H groups in total. The second-order valence-electron chi connectivity index (χ2n) is 5.00. The van der Waals surface area contributed by atoms with E-state index in [9.17, 15) is 14.4 Å². The molecule has 2 rings (SSSR count). The van der Waals surface area contributed by atoms with Crippen LogP contribution < -0.4 is 10.6 Å². The third kappa shape index (κ3) is 3.85. The Morgan fingerprint density at radius 2 is 1.95 bits per heavy atom. The topological polar surface area (TPSA) is 100 Å². The first-order valence-electron chi connectivity index (χ1n) is 6.81. The minimum Gasteiger partial charge on any atom is -0.452 e. The van der Waals surface area contributed by atoms with E-state index < -0.39 is 24.5 Å². The predicted octanol–water partition coefficient (Wildman–Crippen LogP) is 1.56. The number of carbonyl (C=O) groups excluding carboxylic acids is 3. The molecule has 7 heteroatoms. The maximum atomic E-state index is 12.0. The van der Waals surface area contributed by atoms with E-state index >= 15 is 0 Å². The highest BCUT2D eigenvalue weighted by Crippen LogP contribution is 2.18. The Morgan fingerprint density at radius 3 is 2.68 bits per heavy atom. The first kappa shape index (κ1) is 15.6. The monoisotopic (exact) mass is 303 g/mol. The van der Waals surface area contributed by atoms with Gasteiger partial charge in [0.15, 0.2) is 6.61 Å². The van der Waals surface area contributed by atoms with Crippen LogP contribution in [0, 0.1) is 0 Å². The van der Waals surface area contributed by atoms with Crippen molar-refractivity contribution in [3.63, 3.8) is 0 Å². The maximum Gasteiger partial charge on any atom is 0.340 e. The summed E-state index contributed by atoms with van der Waals surface area (Å²) in [5, 5.41) is 5.29. The molecule has 22 heavy (non-hydrogen) atoms. The summed E-state index contributed by atoms with van der Waals surface area (Å²) in [6, 6.07) is 6.53. The molecule has 0 aliphatic rings. The lowest BCUT2D eigenvalue weighted by molar-refractivity contribution is -0.123. The van der Waals surface area contributed by atoms with Gasteiger partial charge in [-0.25, -0.2) is 9.59 Å². The molecule has 2 aromatic rings. The van der Waals surface area contributed by atoms with Gasteiger partial charge in [-0.2, -0.15) is 0 Å².